The van der Waals surface area contributed by atoms with Crippen LogP contribution in [0.3, 0.4) is 0 Å². The van der Waals surface area contributed by atoms with Gasteiger partial charge in [0.25, 0.3) is 0 Å². The van der Waals surface area contributed by atoms with Crippen molar-refractivity contribution in [2.45, 2.75) is 6.10 Å². The summed E-state index contributed by atoms with van der Waals surface area (Å²) in [6.07, 6.45) is -1.07. The number of aliphatic hydroxyl groups excluding tert-OH is 1. The first kappa shape index (κ1) is 14.5. The van der Waals surface area contributed by atoms with Crippen molar-refractivity contribution in [2.75, 3.05) is 0 Å². The van der Waals surface area contributed by atoms with Crippen LogP contribution in [0.2, 0.25) is 5.02 Å². The molecule has 1 atom stereocenters. The quantitative estimate of drug-likeness (QED) is 0.638. The summed E-state index contributed by atoms with van der Waals surface area (Å²) in [5.41, 5.74) is 0.824. The van der Waals surface area contributed by atoms with Gasteiger partial charge in [-0.1, -0.05) is 57.9 Å². The van der Waals surface area contributed by atoms with Crippen LogP contribution in [0.5, 0.6) is 0 Å². The molecule has 0 fully saturated rings. The molecule has 0 amide bonds. The molecule has 4 heteroatoms. The number of halogens is 3. The molecule has 1 nitrogen and oxygen atoms in total. The van der Waals surface area contributed by atoms with Crippen molar-refractivity contribution in [3.8, 4) is 0 Å². The van der Waals surface area contributed by atoms with E-state index in [0.717, 1.165) is 15.2 Å². The minimum absolute atomic E-state index is 0.176. The summed E-state index contributed by atoms with van der Waals surface area (Å²) in [6.45, 7) is 0. The topological polar surface area (TPSA) is 20.2 Å². The van der Waals surface area contributed by atoms with E-state index < -0.39 is 11.9 Å². The third kappa shape index (κ3) is 2.69. The van der Waals surface area contributed by atoms with Crippen molar-refractivity contribution in [1.29, 1.82) is 0 Å². The standard InChI is InChI=1S/C17H11BrClFO/c18-15-7-6-13(11-3-1-2-4-12(11)15)17(21)14-9-10(19)5-8-16(14)20/h1-9,17,21H. The predicted molar refractivity (Wildman–Crippen MR) is 87.1 cm³/mol. The first-order valence-corrected chi connectivity index (χ1v) is 7.55. The molecule has 0 saturated heterocycles. The minimum Gasteiger partial charge on any atom is -0.384 e. The van der Waals surface area contributed by atoms with Crippen LogP contribution in [-0.4, -0.2) is 5.11 Å². The SMILES string of the molecule is OC(c1cc(Cl)ccc1F)c1ccc(Br)c2ccccc12. The minimum atomic E-state index is -1.07. The van der Waals surface area contributed by atoms with Gasteiger partial charge in [0.05, 0.1) is 0 Å². The summed E-state index contributed by atoms with van der Waals surface area (Å²) in [5.74, 6) is -0.473. The van der Waals surface area contributed by atoms with Crippen LogP contribution < -0.4 is 0 Å². The molecular formula is C17H11BrClFO. The summed E-state index contributed by atoms with van der Waals surface area (Å²) in [4.78, 5) is 0. The lowest BCUT2D eigenvalue weighted by Crippen LogP contribution is -2.03. The van der Waals surface area contributed by atoms with Crippen molar-refractivity contribution in [3.63, 3.8) is 0 Å². The second-order valence-corrected chi connectivity index (χ2v) is 6.04. The molecule has 3 aromatic rings. The summed E-state index contributed by atoms with van der Waals surface area (Å²) in [7, 11) is 0. The summed E-state index contributed by atoms with van der Waals surface area (Å²) in [6, 6.07) is 15.5. The van der Waals surface area contributed by atoms with E-state index in [9.17, 15) is 9.50 Å². The molecule has 0 aliphatic carbocycles. The Balaban J connectivity index is 2.20. The summed E-state index contributed by atoms with van der Waals surface area (Å²) < 4.78 is 14.9. The maximum atomic E-state index is 14.0. The molecule has 0 saturated carbocycles. The Kier molecular flexibility index (Phi) is 3.98. The zero-order chi connectivity index (χ0) is 15.0. The molecular weight excluding hydrogens is 355 g/mol. The smallest absolute Gasteiger partial charge is 0.129 e. The molecule has 0 radical (unpaired) electrons. The lowest BCUT2D eigenvalue weighted by molar-refractivity contribution is 0.216. The van der Waals surface area contributed by atoms with Gasteiger partial charge in [0.2, 0.25) is 0 Å². The van der Waals surface area contributed by atoms with E-state index in [-0.39, 0.29) is 5.56 Å². The van der Waals surface area contributed by atoms with E-state index in [4.69, 9.17) is 11.6 Å². The van der Waals surface area contributed by atoms with Gasteiger partial charge in [-0.2, -0.15) is 0 Å². The Morgan fingerprint density at radius 1 is 0.952 bits per heavy atom. The van der Waals surface area contributed by atoms with Crippen LogP contribution in [0.4, 0.5) is 4.39 Å². The number of hydrogen-bond donors (Lipinski definition) is 1. The van der Waals surface area contributed by atoms with Crippen LogP contribution in [0, 0.1) is 5.82 Å². The monoisotopic (exact) mass is 364 g/mol. The molecule has 1 unspecified atom stereocenters. The molecule has 0 aromatic heterocycles. The fourth-order valence-corrected chi connectivity index (χ4v) is 3.07. The van der Waals surface area contributed by atoms with Crippen molar-refractivity contribution < 1.29 is 9.50 Å². The highest BCUT2D eigenvalue weighted by Gasteiger charge is 2.18. The maximum Gasteiger partial charge on any atom is 0.129 e. The van der Waals surface area contributed by atoms with Gasteiger partial charge >= 0.3 is 0 Å². The molecule has 0 spiro atoms. The second kappa shape index (κ2) is 5.76. The van der Waals surface area contributed by atoms with Crippen LogP contribution >= 0.6 is 27.5 Å². The highest BCUT2D eigenvalue weighted by molar-refractivity contribution is 9.10. The lowest BCUT2D eigenvalue weighted by atomic mass is 9.95. The van der Waals surface area contributed by atoms with Crippen molar-refractivity contribution in [3.05, 3.63) is 81.0 Å². The Morgan fingerprint density at radius 2 is 1.67 bits per heavy atom. The van der Waals surface area contributed by atoms with Crippen LogP contribution in [0.1, 0.15) is 17.2 Å². The fraction of sp³-hybridized carbons (Fsp3) is 0.0588. The maximum absolute atomic E-state index is 14.0. The Morgan fingerprint density at radius 3 is 2.43 bits per heavy atom. The van der Waals surface area contributed by atoms with E-state index >= 15 is 0 Å². The molecule has 3 rings (SSSR count). The number of benzene rings is 3. The van der Waals surface area contributed by atoms with Gasteiger partial charge in [0.15, 0.2) is 0 Å². The Bertz CT molecular complexity index is 819. The van der Waals surface area contributed by atoms with Crippen LogP contribution in [-0.2, 0) is 0 Å². The third-order valence-electron chi connectivity index (χ3n) is 3.45. The first-order valence-electron chi connectivity index (χ1n) is 6.38. The number of hydrogen-bond acceptors (Lipinski definition) is 1. The largest absolute Gasteiger partial charge is 0.384 e. The van der Waals surface area contributed by atoms with Crippen molar-refractivity contribution >= 4 is 38.3 Å². The van der Waals surface area contributed by atoms with E-state index in [1.807, 2.05) is 30.3 Å². The van der Waals surface area contributed by atoms with E-state index in [2.05, 4.69) is 15.9 Å². The summed E-state index contributed by atoms with van der Waals surface area (Å²) >= 11 is 9.39. The number of rotatable bonds is 2. The summed E-state index contributed by atoms with van der Waals surface area (Å²) in [5, 5.41) is 12.8. The van der Waals surface area contributed by atoms with Gasteiger partial charge in [-0.15, -0.1) is 0 Å². The molecule has 106 valence electrons. The molecule has 0 aliphatic rings. The average Bonchev–Trinajstić information content (AvgIpc) is 2.50. The third-order valence-corrected chi connectivity index (χ3v) is 4.38. The van der Waals surface area contributed by atoms with E-state index in [1.165, 1.54) is 18.2 Å². The van der Waals surface area contributed by atoms with E-state index in [0.29, 0.717) is 10.6 Å². The molecule has 0 aliphatic heterocycles. The predicted octanol–water partition coefficient (Wildman–Crippen LogP) is 5.48. The van der Waals surface area contributed by atoms with Gasteiger partial charge in [0.1, 0.15) is 11.9 Å². The van der Waals surface area contributed by atoms with Gasteiger partial charge < -0.3 is 5.11 Å². The Hall–Kier alpha value is -1.42. The van der Waals surface area contributed by atoms with Gasteiger partial charge in [-0.05, 0) is 40.6 Å². The molecule has 21 heavy (non-hydrogen) atoms. The van der Waals surface area contributed by atoms with Gasteiger partial charge in [-0.3, -0.25) is 0 Å². The van der Waals surface area contributed by atoms with Gasteiger partial charge in [-0.25, -0.2) is 4.39 Å². The van der Waals surface area contributed by atoms with Gasteiger partial charge in [0, 0.05) is 15.1 Å². The molecule has 0 heterocycles. The second-order valence-electron chi connectivity index (χ2n) is 4.75. The van der Waals surface area contributed by atoms with Crippen molar-refractivity contribution in [1.82, 2.24) is 0 Å². The molecule has 0 bridgehead atoms. The van der Waals surface area contributed by atoms with Crippen LogP contribution in [0.25, 0.3) is 10.8 Å². The normalized spacial score (nSPS) is 12.6. The fourth-order valence-electron chi connectivity index (χ4n) is 2.42. The number of aliphatic hydroxyl groups is 1. The molecule has 3 aromatic carbocycles. The Labute approximate surface area is 135 Å². The van der Waals surface area contributed by atoms with E-state index in [1.54, 1.807) is 6.07 Å². The number of fused-ring (bicyclic) bond motifs is 1. The van der Waals surface area contributed by atoms with Crippen molar-refractivity contribution in [2.24, 2.45) is 0 Å². The van der Waals surface area contributed by atoms with Crippen LogP contribution in [0.15, 0.2) is 59.1 Å². The highest BCUT2D eigenvalue weighted by atomic mass is 79.9. The molecule has 1 N–H and O–H groups in total. The lowest BCUT2D eigenvalue weighted by Gasteiger charge is -2.16. The first-order chi connectivity index (χ1) is 10.1. The average molecular weight is 366 g/mol. The zero-order valence-corrected chi connectivity index (χ0v) is 13.2. The zero-order valence-electron chi connectivity index (χ0n) is 10.9. The highest BCUT2D eigenvalue weighted by Crippen LogP contribution is 2.34.